The molecule has 4 aromatic rings. The van der Waals surface area contributed by atoms with E-state index in [9.17, 15) is 14.4 Å². The number of hydrogen-bond acceptors (Lipinski definition) is 8. The van der Waals surface area contributed by atoms with Crippen LogP contribution in [0.15, 0.2) is 89.5 Å². The normalized spacial score (nSPS) is 11.5. The standard InChI is InChI=1S/C33H37N5O5/c34-20-8-7-15-28(36-33(41)42-23-26-12-5-2-6-13-26)30(39)31-37-29(43-38-31)22-25-16-18-27(19-17-25)32(40)35-21-9-14-24-10-3-1-4-11-24/h1-6,10-13,16-19,28H,7-9,14-15,20-23,34H2,(H,35,40)(H,36,41)/t28-/m0/s1. The molecule has 224 valence electrons. The van der Waals surface area contributed by atoms with Crippen molar-refractivity contribution in [2.75, 3.05) is 13.1 Å². The van der Waals surface area contributed by atoms with Crippen LogP contribution in [0.25, 0.3) is 0 Å². The summed E-state index contributed by atoms with van der Waals surface area (Å²) in [7, 11) is 0. The van der Waals surface area contributed by atoms with Gasteiger partial charge in [-0.2, -0.15) is 4.98 Å². The second kappa shape index (κ2) is 16.6. The maximum Gasteiger partial charge on any atom is 0.408 e. The quantitative estimate of drug-likeness (QED) is 0.128. The van der Waals surface area contributed by atoms with Crippen LogP contribution >= 0.6 is 0 Å². The highest BCUT2D eigenvalue weighted by molar-refractivity contribution is 5.98. The minimum Gasteiger partial charge on any atom is -0.445 e. The van der Waals surface area contributed by atoms with E-state index in [4.69, 9.17) is 15.0 Å². The number of benzene rings is 3. The number of amides is 2. The van der Waals surface area contributed by atoms with Gasteiger partial charge in [0.2, 0.25) is 17.5 Å². The van der Waals surface area contributed by atoms with Gasteiger partial charge < -0.3 is 25.6 Å². The van der Waals surface area contributed by atoms with Gasteiger partial charge in [-0.05, 0) is 67.5 Å². The Morgan fingerprint density at radius 2 is 1.53 bits per heavy atom. The number of Topliss-reactive ketones (excluding diaryl/α,β-unsaturated/α-hetero) is 1. The van der Waals surface area contributed by atoms with Gasteiger partial charge in [0.15, 0.2) is 0 Å². The van der Waals surface area contributed by atoms with Crippen LogP contribution < -0.4 is 16.4 Å². The fourth-order valence-electron chi connectivity index (χ4n) is 4.44. The topological polar surface area (TPSA) is 149 Å². The summed E-state index contributed by atoms with van der Waals surface area (Å²) >= 11 is 0. The lowest BCUT2D eigenvalue weighted by Gasteiger charge is -2.16. The van der Waals surface area contributed by atoms with Crippen molar-refractivity contribution in [2.45, 2.75) is 51.2 Å². The Morgan fingerprint density at radius 1 is 0.837 bits per heavy atom. The van der Waals surface area contributed by atoms with Gasteiger partial charge in [-0.25, -0.2) is 4.79 Å². The molecule has 2 amide bonds. The molecular weight excluding hydrogens is 546 g/mol. The molecule has 0 aliphatic carbocycles. The summed E-state index contributed by atoms with van der Waals surface area (Å²) in [5.74, 6) is -0.486. The molecule has 0 aliphatic rings. The molecule has 1 heterocycles. The number of ketones is 1. The summed E-state index contributed by atoms with van der Waals surface area (Å²) in [6.45, 7) is 1.14. The maximum atomic E-state index is 13.2. The van der Waals surface area contributed by atoms with Gasteiger partial charge in [-0.1, -0.05) is 78.0 Å². The molecular formula is C33H37N5O5. The van der Waals surface area contributed by atoms with E-state index in [0.29, 0.717) is 37.9 Å². The zero-order valence-electron chi connectivity index (χ0n) is 24.0. The number of carbonyl (C=O) groups is 3. The van der Waals surface area contributed by atoms with Crippen LogP contribution in [0.1, 0.15) is 69.2 Å². The third-order valence-electron chi connectivity index (χ3n) is 6.80. The number of carbonyl (C=O) groups excluding carboxylic acids is 3. The number of unbranched alkanes of at least 4 members (excludes halogenated alkanes) is 1. The summed E-state index contributed by atoms with van der Waals surface area (Å²) < 4.78 is 10.6. The number of ether oxygens (including phenoxy) is 1. The number of nitrogens with two attached hydrogens (primary N) is 1. The third kappa shape index (κ3) is 10.2. The first-order valence-corrected chi connectivity index (χ1v) is 14.5. The molecule has 10 nitrogen and oxygen atoms in total. The van der Waals surface area contributed by atoms with Crippen LogP contribution in [-0.2, 0) is 24.2 Å². The number of rotatable bonds is 16. The number of nitrogens with one attached hydrogen (secondary N) is 2. The molecule has 0 aliphatic heterocycles. The first kappa shape index (κ1) is 31.1. The fourth-order valence-corrected chi connectivity index (χ4v) is 4.44. The Labute approximate surface area is 251 Å². The second-order valence-electron chi connectivity index (χ2n) is 10.1. The predicted molar refractivity (Wildman–Crippen MR) is 161 cm³/mol. The van der Waals surface area contributed by atoms with Crippen LogP contribution in [-0.4, -0.2) is 47.1 Å². The molecule has 0 bridgehead atoms. The average Bonchev–Trinajstić information content (AvgIpc) is 3.51. The van der Waals surface area contributed by atoms with Crippen LogP contribution in [0.5, 0.6) is 0 Å². The highest BCUT2D eigenvalue weighted by Gasteiger charge is 2.27. The van der Waals surface area contributed by atoms with E-state index in [1.807, 2.05) is 60.7 Å². The molecule has 3 aromatic carbocycles. The molecule has 0 spiro atoms. The number of alkyl carbamates (subject to hydrolysis) is 1. The van der Waals surface area contributed by atoms with Gasteiger partial charge in [-0.3, -0.25) is 9.59 Å². The van der Waals surface area contributed by atoms with Crippen LogP contribution in [0.4, 0.5) is 4.79 Å². The second-order valence-corrected chi connectivity index (χ2v) is 10.1. The van der Waals surface area contributed by atoms with E-state index in [2.05, 4.69) is 32.9 Å². The molecule has 10 heteroatoms. The van der Waals surface area contributed by atoms with Gasteiger partial charge in [0.05, 0.1) is 12.5 Å². The van der Waals surface area contributed by atoms with Crippen molar-refractivity contribution in [3.8, 4) is 0 Å². The summed E-state index contributed by atoms with van der Waals surface area (Å²) in [6, 6.07) is 25.6. The van der Waals surface area contributed by atoms with Crippen molar-refractivity contribution in [3.63, 3.8) is 0 Å². The fraction of sp³-hybridized carbons (Fsp3) is 0.303. The zero-order valence-corrected chi connectivity index (χ0v) is 24.0. The number of hydrogen-bond donors (Lipinski definition) is 3. The van der Waals surface area contributed by atoms with Gasteiger partial charge >= 0.3 is 6.09 Å². The van der Waals surface area contributed by atoms with Crippen molar-refractivity contribution in [1.82, 2.24) is 20.8 Å². The van der Waals surface area contributed by atoms with E-state index in [1.165, 1.54) is 5.56 Å². The summed E-state index contributed by atoms with van der Waals surface area (Å²) in [6.07, 6.45) is 3.01. The van der Waals surface area contributed by atoms with Crippen LogP contribution in [0, 0.1) is 0 Å². The minimum absolute atomic E-state index is 0.0808. The molecule has 0 saturated heterocycles. The SMILES string of the molecule is NCCCC[C@H](NC(=O)OCc1ccccc1)C(=O)c1noc(Cc2ccc(C(=O)NCCCc3ccccc3)cc2)n1. The predicted octanol–water partition coefficient (Wildman–Crippen LogP) is 4.63. The Balaban J connectivity index is 1.28. The molecule has 4 N–H and O–H groups in total. The van der Waals surface area contributed by atoms with E-state index >= 15 is 0 Å². The number of nitrogens with zero attached hydrogens (tertiary/aromatic N) is 2. The average molecular weight is 584 g/mol. The lowest BCUT2D eigenvalue weighted by atomic mass is 10.0. The lowest BCUT2D eigenvalue weighted by molar-refractivity contribution is 0.0896. The molecule has 1 atom stereocenters. The van der Waals surface area contributed by atoms with Crippen molar-refractivity contribution in [3.05, 3.63) is 119 Å². The number of aryl methyl sites for hydroxylation is 1. The van der Waals surface area contributed by atoms with Crippen LogP contribution in [0.2, 0.25) is 0 Å². The Bertz CT molecular complexity index is 1440. The zero-order chi connectivity index (χ0) is 30.3. The minimum atomic E-state index is -0.884. The summed E-state index contributed by atoms with van der Waals surface area (Å²) in [5.41, 5.74) is 9.07. The third-order valence-corrected chi connectivity index (χ3v) is 6.80. The highest BCUT2D eigenvalue weighted by Crippen LogP contribution is 2.13. The highest BCUT2D eigenvalue weighted by atomic mass is 16.5. The van der Waals surface area contributed by atoms with E-state index in [1.54, 1.807) is 12.1 Å². The van der Waals surface area contributed by atoms with Crippen molar-refractivity contribution in [1.29, 1.82) is 0 Å². The van der Waals surface area contributed by atoms with Gasteiger partial charge in [0.1, 0.15) is 6.61 Å². The van der Waals surface area contributed by atoms with Crippen molar-refractivity contribution >= 4 is 17.8 Å². The molecule has 0 saturated carbocycles. The van der Waals surface area contributed by atoms with Crippen molar-refractivity contribution < 1.29 is 23.6 Å². The van der Waals surface area contributed by atoms with Gasteiger partial charge in [-0.15, -0.1) is 0 Å². The van der Waals surface area contributed by atoms with E-state index in [0.717, 1.165) is 24.0 Å². The van der Waals surface area contributed by atoms with Crippen LogP contribution in [0.3, 0.4) is 0 Å². The molecule has 43 heavy (non-hydrogen) atoms. The molecule has 1 aromatic heterocycles. The lowest BCUT2D eigenvalue weighted by Crippen LogP contribution is -2.41. The first-order chi connectivity index (χ1) is 21.0. The van der Waals surface area contributed by atoms with E-state index in [-0.39, 0.29) is 30.7 Å². The largest absolute Gasteiger partial charge is 0.445 e. The van der Waals surface area contributed by atoms with E-state index < -0.39 is 17.9 Å². The summed E-state index contributed by atoms with van der Waals surface area (Å²) in [5, 5.41) is 9.44. The molecule has 0 unspecified atom stereocenters. The van der Waals surface area contributed by atoms with Gasteiger partial charge in [0, 0.05) is 12.1 Å². The molecule has 0 radical (unpaired) electrons. The monoisotopic (exact) mass is 583 g/mol. The van der Waals surface area contributed by atoms with Crippen molar-refractivity contribution in [2.24, 2.45) is 5.73 Å². The smallest absolute Gasteiger partial charge is 0.408 e. The molecule has 4 rings (SSSR count). The number of aromatic nitrogens is 2. The first-order valence-electron chi connectivity index (χ1n) is 14.5. The Morgan fingerprint density at radius 3 is 2.23 bits per heavy atom. The molecule has 0 fully saturated rings. The summed E-state index contributed by atoms with van der Waals surface area (Å²) in [4.78, 5) is 42.4. The van der Waals surface area contributed by atoms with Gasteiger partial charge in [0.25, 0.3) is 5.91 Å². The Hall–Kier alpha value is -4.83. The maximum absolute atomic E-state index is 13.2. The Kier molecular flexibility index (Phi) is 12.0.